The Morgan fingerprint density at radius 1 is 1.10 bits per heavy atom. The number of amides is 1. The van der Waals surface area contributed by atoms with Crippen molar-refractivity contribution in [1.82, 2.24) is 4.98 Å². The highest BCUT2D eigenvalue weighted by Gasteiger charge is 2.07. The summed E-state index contributed by atoms with van der Waals surface area (Å²) in [6, 6.07) is 11.3. The molecule has 1 aromatic carbocycles. The van der Waals surface area contributed by atoms with Gasteiger partial charge >= 0.3 is 0 Å². The molecular formula is C15H16BrN3O. The van der Waals surface area contributed by atoms with Gasteiger partial charge in [-0.1, -0.05) is 15.9 Å². The summed E-state index contributed by atoms with van der Waals surface area (Å²) in [6.45, 7) is 4.10. The predicted octanol–water partition coefficient (Wildman–Crippen LogP) is 3.92. The molecule has 1 amide bonds. The monoisotopic (exact) mass is 333 g/mol. The second-order valence-corrected chi connectivity index (χ2v) is 5.61. The Kier molecular flexibility index (Phi) is 4.74. The van der Waals surface area contributed by atoms with Crippen LogP contribution in [0.25, 0.3) is 0 Å². The molecule has 0 atom stereocenters. The van der Waals surface area contributed by atoms with Crippen LogP contribution in [0.1, 0.15) is 24.3 Å². The maximum Gasteiger partial charge on any atom is 0.274 e. The van der Waals surface area contributed by atoms with Crippen molar-refractivity contribution >= 4 is 33.2 Å². The van der Waals surface area contributed by atoms with E-state index in [2.05, 4.69) is 31.5 Å². The largest absolute Gasteiger partial charge is 0.382 e. The fourth-order valence-electron chi connectivity index (χ4n) is 1.68. The summed E-state index contributed by atoms with van der Waals surface area (Å²) in [4.78, 5) is 16.2. The highest BCUT2D eigenvalue weighted by molar-refractivity contribution is 9.10. The van der Waals surface area contributed by atoms with Crippen LogP contribution in [0.4, 0.5) is 11.4 Å². The molecule has 0 unspecified atom stereocenters. The van der Waals surface area contributed by atoms with E-state index in [0.29, 0.717) is 11.7 Å². The lowest BCUT2D eigenvalue weighted by Crippen LogP contribution is -2.14. The number of rotatable bonds is 4. The van der Waals surface area contributed by atoms with E-state index in [1.165, 1.54) is 0 Å². The van der Waals surface area contributed by atoms with Crippen LogP contribution in [-0.2, 0) is 0 Å². The molecule has 0 saturated heterocycles. The van der Waals surface area contributed by atoms with Gasteiger partial charge in [0.05, 0.1) is 11.9 Å². The molecule has 2 rings (SSSR count). The molecule has 4 nitrogen and oxygen atoms in total. The number of hydrogen-bond donors (Lipinski definition) is 2. The van der Waals surface area contributed by atoms with Gasteiger partial charge in [-0.05, 0) is 50.2 Å². The lowest BCUT2D eigenvalue weighted by atomic mass is 10.2. The standard InChI is InChI=1S/C15H16BrN3O/c1-10(2)18-13-7-8-14(17-9-13)15(20)19-12-5-3-11(16)4-6-12/h3-10,18H,1-2H3,(H,19,20). The maximum atomic E-state index is 12.0. The van der Waals surface area contributed by atoms with Crippen LogP contribution in [0, 0.1) is 0 Å². The zero-order valence-corrected chi connectivity index (χ0v) is 12.9. The Bertz CT molecular complexity index is 579. The SMILES string of the molecule is CC(C)Nc1ccc(C(=O)Nc2ccc(Br)cc2)nc1. The smallest absolute Gasteiger partial charge is 0.274 e. The molecule has 1 aromatic heterocycles. The molecule has 1 heterocycles. The van der Waals surface area contributed by atoms with Gasteiger partial charge in [-0.25, -0.2) is 4.98 Å². The summed E-state index contributed by atoms with van der Waals surface area (Å²) in [5.41, 5.74) is 2.03. The molecule has 0 fully saturated rings. The molecule has 0 aliphatic heterocycles. The molecule has 2 aromatic rings. The number of hydrogen-bond acceptors (Lipinski definition) is 3. The van der Waals surface area contributed by atoms with E-state index in [1.807, 2.05) is 44.2 Å². The molecule has 2 N–H and O–H groups in total. The number of anilines is 2. The van der Waals surface area contributed by atoms with Crippen molar-refractivity contribution < 1.29 is 4.79 Å². The lowest BCUT2D eigenvalue weighted by molar-refractivity contribution is 0.102. The highest BCUT2D eigenvalue weighted by Crippen LogP contribution is 2.15. The Hall–Kier alpha value is -1.88. The minimum Gasteiger partial charge on any atom is -0.382 e. The van der Waals surface area contributed by atoms with Crippen LogP contribution in [0.5, 0.6) is 0 Å². The van der Waals surface area contributed by atoms with E-state index in [4.69, 9.17) is 0 Å². The Morgan fingerprint density at radius 2 is 1.75 bits per heavy atom. The molecule has 0 saturated carbocycles. The molecule has 0 radical (unpaired) electrons. The minimum atomic E-state index is -0.219. The third-order valence-electron chi connectivity index (χ3n) is 2.55. The van der Waals surface area contributed by atoms with Crippen molar-refractivity contribution in [2.45, 2.75) is 19.9 Å². The zero-order valence-electron chi connectivity index (χ0n) is 11.4. The Balaban J connectivity index is 2.03. The summed E-state index contributed by atoms with van der Waals surface area (Å²) >= 11 is 3.35. The number of aromatic nitrogens is 1. The van der Waals surface area contributed by atoms with Gasteiger partial charge in [0.2, 0.25) is 0 Å². The summed E-state index contributed by atoms with van der Waals surface area (Å²) in [7, 11) is 0. The van der Waals surface area contributed by atoms with E-state index in [9.17, 15) is 4.79 Å². The normalized spacial score (nSPS) is 10.4. The number of benzene rings is 1. The Morgan fingerprint density at radius 3 is 2.30 bits per heavy atom. The molecule has 0 bridgehead atoms. The number of pyridine rings is 1. The van der Waals surface area contributed by atoms with Crippen molar-refractivity contribution in [3.8, 4) is 0 Å². The summed E-state index contributed by atoms with van der Waals surface area (Å²) in [5.74, 6) is -0.219. The van der Waals surface area contributed by atoms with Gasteiger partial charge in [0, 0.05) is 16.2 Å². The number of carbonyl (C=O) groups excluding carboxylic acids is 1. The number of halogens is 1. The lowest BCUT2D eigenvalue weighted by Gasteiger charge is -2.10. The molecule has 0 aliphatic carbocycles. The molecule has 5 heteroatoms. The topological polar surface area (TPSA) is 54.0 Å². The van der Waals surface area contributed by atoms with Crippen LogP contribution < -0.4 is 10.6 Å². The van der Waals surface area contributed by atoms with Crippen molar-refractivity contribution in [3.05, 3.63) is 52.8 Å². The second-order valence-electron chi connectivity index (χ2n) is 4.69. The average molecular weight is 334 g/mol. The van der Waals surface area contributed by atoms with E-state index in [0.717, 1.165) is 15.8 Å². The summed E-state index contributed by atoms with van der Waals surface area (Å²) in [5, 5.41) is 6.03. The molecule has 20 heavy (non-hydrogen) atoms. The number of nitrogens with zero attached hydrogens (tertiary/aromatic N) is 1. The number of nitrogens with one attached hydrogen (secondary N) is 2. The van der Waals surface area contributed by atoms with E-state index >= 15 is 0 Å². The first-order chi connectivity index (χ1) is 9.54. The third-order valence-corrected chi connectivity index (χ3v) is 3.08. The zero-order chi connectivity index (χ0) is 14.5. The summed E-state index contributed by atoms with van der Waals surface area (Å²) < 4.78 is 0.970. The van der Waals surface area contributed by atoms with Gasteiger partial charge in [-0.3, -0.25) is 4.79 Å². The first-order valence-corrected chi connectivity index (χ1v) is 7.13. The van der Waals surface area contributed by atoms with Gasteiger partial charge in [-0.15, -0.1) is 0 Å². The second kappa shape index (κ2) is 6.52. The van der Waals surface area contributed by atoms with E-state index in [1.54, 1.807) is 12.3 Å². The quantitative estimate of drug-likeness (QED) is 0.891. The fourth-order valence-corrected chi connectivity index (χ4v) is 1.94. The van der Waals surface area contributed by atoms with Gasteiger partial charge < -0.3 is 10.6 Å². The van der Waals surface area contributed by atoms with Gasteiger partial charge in [-0.2, -0.15) is 0 Å². The molecule has 0 spiro atoms. The minimum absolute atomic E-state index is 0.219. The molecule has 0 aliphatic rings. The molecular weight excluding hydrogens is 318 g/mol. The van der Waals surface area contributed by atoms with Crippen molar-refractivity contribution in [1.29, 1.82) is 0 Å². The van der Waals surface area contributed by atoms with Crippen molar-refractivity contribution in [3.63, 3.8) is 0 Å². The van der Waals surface area contributed by atoms with Gasteiger partial charge in [0.1, 0.15) is 5.69 Å². The van der Waals surface area contributed by atoms with Gasteiger partial charge in [0.15, 0.2) is 0 Å². The average Bonchev–Trinajstić information content (AvgIpc) is 2.41. The van der Waals surface area contributed by atoms with Crippen LogP contribution >= 0.6 is 15.9 Å². The van der Waals surface area contributed by atoms with Crippen LogP contribution in [0.2, 0.25) is 0 Å². The fraction of sp³-hybridized carbons (Fsp3) is 0.200. The Labute approximate surface area is 126 Å². The van der Waals surface area contributed by atoms with E-state index < -0.39 is 0 Å². The van der Waals surface area contributed by atoms with Crippen LogP contribution in [-0.4, -0.2) is 16.9 Å². The highest BCUT2D eigenvalue weighted by atomic mass is 79.9. The van der Waals surface area contributed by atoms with Crippen molar-refractivity contribution in [2.75, 3.05) is 10.6 Å². The van der Waals surface area contributed by atoms with E-state index in [-0.39, 0.29) is 5.91 Å². The van der Waals surface area contributed by atoms with Gasteiger partial charge in [0.25, 0.3) is 5.91 Å². The van der Waals surface area contributed by atoms with Crippen LogP contribution in [0.3, 0.4) is 0 Å². The number of carbonyl (C=O) groups is 1. The predicted molar refractivity (Wildman–Crippen MR) is 85.1 cm³/mol. The third kappa shape index (κ3) is 4.06. The van der Waals surface area contributed by atoms with Crippen molar-refractivity contribution in [2.24, 2.45) is 0 Å². The maximum absolute atomic E-state index is 12.0. The first-order valence-electron chi connectivity index (χ1n) is 6.34. The molecule has 104 valence electrons. The summed E-state index contributed by atoms with van der Waals surface area (Å²) in [6.07, 6.45) is 1.66. The van der Waals surface area contributed by atoms with Crippen LogP contribution in [0.15, 0.2) is 47.1 Å². The first kappa shape index (κ1) is 14.5.